The van der Waals surface area contributed by atoms with Gasteiger partial charge in [-0.05, 0) is 34.1 Å². The predicted molar refractivity (Wildman–Crippen MR) is 79.6 cm³/mol. The molecule has 1 aromatic carbocycles. The molecule has 100 valence electrons. The second kappa shape index (κ2) is 6.18. The molecule has 19 heavy (non-hydrogen) atoms. The topological polar surface area (TPSA) is 73.1 Å². The minimum absolute atomic E-state index is 0.307. The van der Waals surface area contributed by atoms with Crippen LogP contribution in [0.3, 0.4) is 0 Å². The van der Waals surface area contributed by atoms with Crippen LogP contribution in [0.15, 0.2) is 28.7 Å². The summed E-state index contributed by atoms with van der Waals surface area (Å²) in [7, 11) is 1.58. The van der Waals surface area contributed by atoms with E-state index >= 15 is 0 Å². The zero-order chi connectivity index (χ0) is 13.8. The molecule has 0 radical (unpaired) electrons. The number of rotatable bonds is 4. The summed E-state index contributed by atoms with van der Waals surface area (Å²) in [5.74, 6) is 1.51. The van der Waals surface area contributed by atoms with Gasteiger partial charge in [-0.15, -0.1) is 0 Å². The number of aromatic nitrogens is 2. The van der Waals surface area contributed by atoms with Crippen LogP contribution in [0.1, 0.15) is 5.82 Å². The maximum absolute atomic E-state index is 5.89. The molecule has 0 atom stereocenters. The molecule has 0 spiro atoms. The van der Waals surface area contributed by atoms with Gasteiger partial charge in [-0.3, -0.25) is 0 Å². The lowest BCUT2D eigenvalue weighted by molar-refractivity contribution is 0.178. The van der Waals surface area contributed by atoms with Gasteiger partial charge in [0.1, 0.15) is 18.2 Å². The number of hydrogen-bond donors (Lipinski definition) is 2. The van der Waals surface area contributed by atoms with Crippen LogP contribution in [-0.2, 0) is 11.3 Å². The minimum Gasteiger partial charge on any atom is -0.384 e. The van der Waals surface area contributed by atoms with Crippen LogP contribution in [0.5, 0.6) is 0 Å². The Bertz CT molecular complexity index is 594. The Labute approximate surface area is 124 Å². The van der Waals surface area contributed by atoms with Gasteiger partial charge in [-0.2, -0.15) is 0 Å². The van der Waals surface area contributed by atoms with Crippen molar-refractivity contribution in [2.45, 2.75) is 6.61 Å². The zero-order valence-electron chi connectivity index (χ0n) is 10.2. The number of anilines is 3. The van der Waals surface area contributed by atoms with Gasteiger partial charge >= 0.3 is 0 Å². The van der Waals surface area contributed by atoms with Crippen molar-refractivity contribution in [3.63, 3.8) is 0 Å². The summed E-state index contributed by atoms with van der Waals surface area (Å²) in [6, 6.07) is 7.08. The molecule has 0 aliphatic heterocycles. The Morgan fingerprint density at radius 1 is 1.37 bits per heavy atom. The van der Waals surface area contributed by atoms with Crippen molar-refractivity contribution in [3.8, 4) is 0 Å². The Morgan fingerprint density at radius 3 is 2.84 bits per heavy atom. The van der Waals surface area contributed by atoms with Crippen LogP contribution in [0.25, 0.3) is 0 Å². The maximum atomic E-state index is 5.89. The van der Waals surface area contributed by atoms with Crippen LogP contribution in [0.4, 0.5) is 17.3 Å². The van der Waals surface area contributed by atoms with Crippen molar-refractivity contribution in [1.29, 1.82) is 0 Å². The second-order valence-corrected chi connectivity index (χ2v) is 5.07. The third-order valence-electron chi connectivity index (χ3n) is 2.26. The van der Waals surface area contributed by atoms with E-state index in [2.05, 4.69) is 31.2 Å². The summed E-state index contributed by atoms with van der Waals surface area (Å²) in [6.45, 7) is 0.307. The molecule has 1 aromatic heterocycles. The summed E-state index contributed by atoms with van der Waals surface area (Å²) < 4.78 is 5.83. The van der Waals surface area contributed by atoms with Crippen molar-refractivity contribution in [2.24, 2.45) is 0 Å². The highest BCUT2D eigenvalue weighted by Crippen LogP contribution is 2.28. The molecule has 0 saturated heterocycles. The molecule has 0 aliphatic carbocycles. The summed E-state index contributed by atoms with van der Waals surface area (Å²) in [4.78, 5) is 8.37. The van der Waals surface area contributed by atoms with E-state index in [4.69, 9.17) is 22.1 Å². The molecule has 0 amide bonds. The smallest absolute Gasteiger partial charge is 0.158 e. The van der Waals surface area contributed by atoms with Crippen LogP contribution in [-0.4, -0.2) is 17.1 Å². The molecule has 5 nitrogen and oxygen atoms in total. The quantitative estimate of drug-likeness (QED) is 0.890. The molecule has 2 aromatic rings. The second-order valence-electron chi connectivity index (χ2n) is 3.78. The van der Waals surface area contributed by atoms with Crippen LogP contribution < -0.4 is 11.1 Å². The normalized spacial score (nSPS) is 10.5. The number of nitrogens with zero attached hydrogens (tertiary/aromatic N) is 2. The fraction of sp³-hybridized carbons (Fsp3) is 0.167. The number of ether oxygens (including phenoxy) is 1. The van der Waals surface area contributed by atoms with Gasteiger partial charge in [0, 0.05) is 22.7 Å². The fourth-order valence-corrected chi connectivity index (χ4v) is 2.29. The lowest BCUT2D eigenvalue weighted by Gasteiger charge is -2.10. The van der Waals surface area contributed by atoms with Crippen molar-refractivity contribution in [3.05, 3.63) is 39.6 Å². The molecule has 2 rings (SSSR count). The molecule has 0 aliphatic rings. The summed E-state index contributed by atoms with van der Waals surface area (Å²) in [6.07, 6.45) is 0. The first kappa shape index (κ1) is 14.0. The van der Waals surface area contributed by atoms with Gasteiger partial charge in [0.05, 0.1) is 5.69 Å². The number of hydrogen-bond acceptors (Lipinski definition) is 5. The monoisotopic (exact) mass is 342 g/mol. The first-order valence-electron chi connectivity index (χ1n) is 5.43. The maximum Gasteiger partial charge on any atom is 0.158 e. The molecule has 0 fully saturated rings. The van der Waals surface area contributed by atoms with E-state index in [0.29, 0.717) is 29.1 Å². The molecule has 0 bridgehead atoms. The molecule has 3 N–H and O–H groups in total. The number of methoxy groups -OCH3 is 1. The van der Waals surface area contributed by atoms with Crippen LogP contribution >= 0.6 is 27.5 Å². The molecule has 7 heteroatoms. The van der Waals surface area contributed by atoms with E-state index in [1.54, 1.807) is 25.3 Å². The van der Waals surface area contributed by atoms with E-state index < -0.39 is 0 Å². The van der Waals surface area contributed by atoms with E-state index in [9.17, 15) is 0 Å². The Balaban J connectivity index is 2.27. The SMILES string of the molecule is COCc1nc(N)cc(Nc2ccc(Cl)cc2Br)n1. The van der Waals surface area contributed by atoms with Gasteiger partial charge < -0.3 is 15.8 Å². The zero-order valence-corrected chi connectivity index (χ0v) is 12.5. The highest BCUT2D eigenvalue weighted by molar-refractivity contribution is 9.10. The molecular formula is C12H12BrClN4O. The molecule has 0 saturated carbocycles. The summed E-state index contributed by atoms with van der Waals surface area (Å²) in [5.41, 5.74) is 6.56. The number of nitrogen functional groups attached to an aromatic ring is 1. The number of halogens is 2. The van der Waals surface area contributed by atoms with Crippen LogP contribution in [0.2, 0.25) is 5.02 Å². The third-order valence-corrected chi connectivity index (χ3v) is 3.15. The van der Waals surface area contributed by atoms with E-state index in [1.807, 2.05) is 6.07 Å². The van der Waals surface area contributed by atoms with Gasteiger partial charge in [0.25, 0.3) is 0 Å². The highest BCUT2D eigenvalue weighted by Gasteiger charge is 2.05. The molecule has 0 unspecified atom stereocenters. The summed E-state index contributed by atoms with van der Waals surface area (Å²) >= 11 is 9.32. The largest absolute Gasteiger partial charge is 0.384 e. The van der Waals surface area contributed by atoms with E-state index in [1.165, 1.54) is 0 Å². The summed E-state index contributed by atoms with van der Waals surface area (Å²) in [5, 5.41) is 3.80. The first-order valence-corrected chi connectivity index (χ1v) is 6.60. The van der Waals surface area contributed by atoms with E-state index in [-0.39, 0.29) is 0 Å². The van der Waals surface area contributed by atoms with E-state index in [0.717, 1.165) is 10.2 Å². The van der Waals surface area contributed by atoms with Gasteiger partial charge in [-0.1, -0.05) is 11.6 Å². The van der Waals surface area contributed by atoms with Gasteiger partial charge in [0.2, 0.25) is 0 Å². The standard InChI is InChI=1S/C12H12BrClN4O/c1-19-6-12-17-10(15)5-11(18-12)16-9-3-2-7(14)4-8(9)13/h2-5H,6H2,1H3,(H3,15,16,17,18). The molecule has 1 heterocycles. The van der Waals surface area contributed by atoms with Crippen molar-refractivity contribution in [1.82, 2.24) is 9.97 Å². The Hall–Kier alpha value is -1.37. The third kappa shape index (κ3) is 3.79. The van der Waals surface area contributed by atoms with Crippen molar-refractivity contribution < 1.29 is 4.74 Å². The Morgan fingerprint density at radius 2 is 2.16 bits per heavy atom. The average Bonchev–Trinajstić information content (AvgIpc) is 2.32. The number of nitrogens with two attached hydrogens (primary N) is 1. The minimum atomic E-state index is 0.307. The lowest BCUT2D eigenvalue weighted by atomic mass is 10.3. The fourth-order valence-electron chi connectivity index (χ4n) is 1.50. The predicted octanol–water partition coefficient (Wildman–Crippen LogP) is 3.36. The number of nitrogens with one attached hydrogen (secondary N) is 1. The first-order chi connectivity index (χ1) is 9.08. The highest BCUT2D eigenvalue weighted by atomic mass is 79.9. The van der Waals surface area contributed by atoms with Crippen molar-refractivity contribution in [2.75, 3.05) is 18.2 Å². The number of benzene rings is 1. The lowest BCUT2D eigenvalue weighted by Crippen LogP contribution is -2.04. The van der Waals surface area contributed by atoms with Gasteiger partial charge in [-0.25, -0.2) is 9.97 Å². The van der Waals surface area contributed by atoms with Crippen molar-refractivity contribution >= 4 is 44.9 Å². The molecular weight excluding hydrogens is 332 g/mol. The van der Waals surface area contributed by atoms with Gasteiger partial charge in [0.15, 0.2) is 5.82 Å². The Kier molecular flexibility index (Phi) is 4.57. The van der Waals surface area contributed by atoms with Crippen LogP contribution in [0, 0.1) is 0 Å². The average molecular weight is 344 g/mol.